The van der Waals surface area contributed by atoms with E-state index in [4.69, 9.17) is 0 Å². The Bertz CT molecular complexity index is 961. The Labute approximate surface area is 169 Å². The van der Waals surface area contributed by atoms with Crippen LogP contribution in [-0.2, 0) is 11.3 Å². The molecule has 152 valence electrons. The molecule has 2 aliphatic rings. The van der Waals surface area contributed by atoms with E-state index >= 15 is 0 Å². The number of carbonyl (C=O) groups excluding carboxylic acids is 2. The predicted molar refractivity (Wildman–Crippen MR) is 111 cm³/mol. The minimum atomic E-state index is -0.825. The number of amides is 3. The fourth-order valence-corrected chi connectivity index (χ4v) is 4.33. The lowest BCUT2D eigenvalue weighted by Gasteiger charge is -2.39. The maximum absolute atomic E-state index is 12.2. The first kappa shape index (κ1) is 19.2. The summed E-state index contributed by atoms with van der Waals surface area (Å²) < 4.78 is 0. The third-order valence-electron chi connectivity index (χ3n) is 6.05. The molecule has 3 N–H and O–H groups in total. The molecule has 1 aromatic carbocycles. The number of imide groups is 1. The van der Waals surface area contributed by atoms with Crippen LogP contribution in [0, 0.1) is 5.92 Å². The van der Waals surface area contributed by atoms with Crippen molar-refractivity contribution >= 4 is 28.8 Å². The molecule has 0 saturated carbocycles. The summed E-state index contributed by atoms with van der Waals surface area (Å²) in [6.45, 7) is 4.00. The van der Waals surface area contributed by atoms with Gasteiger partial charge in [-0.15, -0.1) is 0 Å². The van der Waals surface area contributed by atoms with Gasteiger partial charge >= 0.3 is 6.03 Å². The number of para-hydroxylation sites is 1. The molecule has 1 unspecified atom stereocenters. The fraction of sp³-hybridized carbons (Fsp3) is 0.429. The molecule has 29 heavy (non-hydrogen) atoms. The van der Waals surface area contributed by atoms with Crippen molar-refractivity contribution in [3.8, 4) is 0 Å². The van der Waals surface area contributed by atoms with Crippen molar-refractivity contribution in [2.45, 2.75) is 31.8 Å². The van der Waals surface area contributed by atoms with Gasteiger partial charge < -0.3 is 15.5 Å². The number of nitrogens with zero attached hydrogens (tertiary/aromatic N) is 3. The molecular weight excluding hydrogens is 368 g/mol. The van der Waals surface area contributed by atoms with Crippen LogP contribution in [0.25, 0.3) is 10.9 Å². The fourth-order valence-electron chi connectivity index (χ4n) is 4.33. The highest BCUT2D eigenvalue weighted by atomic mass is 16.2. The molecule has 8 heteroatoms. The Kier molecular flexibility index (Phi) is 5.08. The average Bonchev–Trinajstić information content (AvgIpc) is 3.01. The topological polar surface area (TPSA) is 98.7 Å². The number of aromatic nitrogens is 1. The van der Waals surface area contributed by atoms with E-state index < -0.39 is 11.6 Å². The Morgan fingerprint density at radius 2 is 2.03 bits per heavy atom. The van der Waals surface area contributed by atoms with Crippen molar-refractivity contribution in [1.29, 1.82) is 0 Å². The highest BCUT2D eigenvalue weighted by molar-refractivity contribution is 6.07. The van der Waals surface area contributed by atoms with E-state index in [0.717, 1.165) is 48.4 Å². The maximum atomic E-state index is 12.2. The van der Waals surface area contributed by atoms with E-state index in [2.05, 4.69) is 49.0 Å². The number of piperidine rings is 1. The standard InChI is InChI=1S/C21H26N6O2/c1-21(18(28)25-20(29)26-21)16-8-11-27(12-9-16)19(22-2)24-13-15-6-3-5-14-7-4-10-23-17(14)15/h3-7,10,16H,8-9,11-13H2,1-2H3,(H,22,24)(H2,25,26,28,29). The van der Waals surface area contributed by atoms with E-state index in [1.807, 2.05) is 25.3 Å². The number of pyridine rings is 1. The van der Waals surface area contributed by atoms with Crippen LogP contribution in [0.1, 0.15) is 25.3 Å². The van der Waals surface area contributed by atoms with Gasteiger partial charge in [0.1, 0.15) is 5.54 Å². The lowest BCUT2D eigenvalue weighted by atomic mass is 9.79. The van der Waals surface area contributed by atoms with Crippen LogP contribution >= 0.6 is 0 Å². The van der Waals surface area contributed by atoms with E-state index in [9.17, 15) is 9.59 Å². The number of urea groups is 1. The summed E-state index contributed by atoms with van der Waals surface area (Å²) in [6.07, 6.45) is 3.42. The normalized spacial score (nSPS) is 23.2. The lowest BCUT2D eigenvalue weighted by Crippen LogP contribution is -2.55. The zero-order chi connectivity index (χ0) is 20.4. The summed E-state index contributed by atoms with van der Waals surface area (Å²) in [5, 5.41) is 9.72. The number of benzene rings is 1. The molecule has 2 aromatic rings. The van der Waals surface area contributed by atoms with Crippen LogP contribution in [-0.4, -0.2) is 53.5 Å². The second-order valence-electron chi connectivity index (χ2n) is 7.76. The number of hydrogen-bond acceptors (Lipinski definition) is 4. The van der Waals surface area contributed by atoms with Crippen LogP contribution < -0.4 is 16.0 Å². The molecule has 0 bridgehead atoms. The summed E-state index contributed by atoms with van der Waals surface area (Å²) in [4.78, 5) is 34.9. The average molecular weight is 394 g/mol. The second kappa shape index (κ2) is 7.69. The Balaban J connectivity index is 1.39. The SMILES string of the molecule is CN=C(NCc1cccc2cccnc12)N1CCC(C2(C)NC(=O)NC2=O)CC1. The minimum Gasteiger partial charge on any atom is -0.352 e. The van der Waals surface area contributed by atoms with Gasteiger partial charge in [0.25, 0.3) is 5.91 Å². The van der Waals surface area contributed by atoms with Crippen molar-refractivity contribution in [3.63, 3.8) is 0 Å². The summed E-state index contributed by atoms with van der Waals surface area (Å²) in [6, 6.07) is 9.77. The number of fused-ring (bicyclic) bond motifs is 1. The third kappa shape index (κ3) is 3.62. The molecule has 0 aliphatic carbocycles. The number of hydrogen-bond donors (Lipinski definition) is 3. The smallest absolute Gasteiger partial charge is 0.322 e. The summed E-state index contributed by atoms with van der Waals surface area (Å²) in [7, 11) is 1.78. The molecule has 1 atom stereocenters. The molecule has 3 heterocycles. The Morgan fingerprint density at radius 3 is 2.72 bits per heavy atom. The van der Waals surface area contributed by atoms with Gasteiger partial charge in [0, 0.05) is 38.3 Å². The molecule has 3 amide bonds. The van der Waals surface area contributed by atoms with Crippen molar-refractivity contribution in [3.05, 3.63) is 42.1 Å². The first-order chi connectivity index (χ1) is 14.0. The predicted octanol–water partition coefficient (Wildman–Crippen LogP) is 1.62. The van der Waals surface area contributed by atoms with Crippen LogP contribution in [0.15, 0.2) is 41.5 Å². The molecule has 0 radical (unpaired) electrons. The number of nitrogens with one attached hydrogen (secondary N) is 3. The zero-order valence-corrected chi connectivity index (χ0v) is 16.7. The van der Waals surface area contributed by atoms with Crippen molar-refractivity contribution in [1.82, 2.24) is 25.8 Å². The van der Waals surface area contributed by atoms with Gasteiger partial charge in [-0.25, -0.2) is 4.79 Å². The molecule has 4 rings (SSSR count). The van der Waals surface area contributed by atoms with E-state index in [0.29, 0.717) is 6.54 Å². The lowest BCUT2D eigenvalue weighted by molar-refractivity contribution is -0.125. The highest BCUT2D eigenvalue weighted by Crippen LogP contribution is 2.30. The molecule has 8 nitrogen and oxygen atoms in total. The molecule has 2 saturated heterocycles. The van der Waals surface area contributed by atoms with Gasteiger partial charge in [0.2, 0.25) is 0 Å². The molecule has 2 aliphatic heterocycles. The van der Waals surface area contributed by atoms with E-state index in [1.165, 1.54) is 0 Å². The molecular formula is C21H26N6O2. The highest BCUT2D eigenvalue weighted by Gasteiger charge is 2.48. The summed E-state index contributed by atoms with van der Waals surface area (Å²) in [5.74, 6) is 0.707. The zero-order valence-electron chi connectivity index (χ0n) is 16.7. The summed E-state index contributed by atoms with van der Waals surface area (Å²) in [5.41, 5.74) is 1.29. The van der Waals surface area contributed by atoms with Gasteiger partial charge in [-0.2, -0.15) is 0 Å². The quantitative estimate of drug-likeness (QED) is 0.417. The van der Waals surface area contributed by atoms with Crippen molar-refractivity contribution in [2.24, 2.45) is 10.9 Å². The number of likely N-dealkylation sites (tertiary alicyclic amines) is 1. The van der Waals surface area contributed by atoms with Crippen molar-refractivity contribution < 1.29 is 9.59 Å². The summed E-state index contributed by atoms with van der Waals surface area (Å²) >= 11 is 0. The van der Waals surface area contributed by atoms with Crippen LogP contribution in [0.4, 0.5) is 4.79 Å². The minimum absolute atomic E-state index is 0.102. The van der Waals surface area contributed by atoms with Gasteiger partial charge in [-0.05, 0) is 37.3 Å². The monoisotopic (exact) mass is 394 g/mol. The van der Waals surface area contributed by atoms with Crippen LogP contribution in [0.5, 0.6) is 0 Å². The Morgan fingerprint density at radius 1 is 1.28 bits per heavy atom. The maximum Gasteiger partial charge on any atom is 0.322 e. The number of aliphatic imine (C=N–C) groups is 1. The largest absolute Gasteiger partial charge is 0.352 e. The number of guanidine groups is 1. The molecule has 2 fully saturated rings. The first-order valence-corrected chi connectivity index (χ1v) is 9.93. The van der Waals surface area contributed by atoms with Gasteiger partial charge in [-0.3, -0.25) is 20.1 Å². The number of rotatable bonds is 3. The number of carbonyl (C=O) groups is 2. The first-order valence-electron chi connectivity index (χ1n) is 9.93. The van der Waals surface area contributed by atoms with Crippen molar-refractivity contribution in [2.75, 3.05) is 20.1 Å². The third-order valence-corrected chi connectivity index (χ3v) is 6.05. The van der Waals surface area contributed by atoms with Gasteiger partial charge in [-0.1, -0.05) is 24.3 Å². The van der Waals surface area contributed by atoms with Gasteiger partial charge in [0.05, 0.1) is 5.52 Å². The Hall–Kier alpha value is -3.16. The second-order valence-corrected chi connectivity index (χ2v) is 7.76. The van der Waals surface area contributed by atoms with E-state index in [-0.39, 0.29) is 11.8 Å². The molecule has 0 spiro atoms. The van der Waals surface area contributed by atoms with Crippen LogP contribution in [0.3, 0.4) is 0 Å². The van der Waals surface area contributed by atoms with Gasteiger partial charge in [0.15, 0.2) is 5.96 Å². The van der Waals surface area contributed by atoms with E-state index in [1.54, 1.807) is 7.05 Å². The van der Waals surface area contributed by atoms with Crippen LogP contribution in [0.2, 0.25) is 0 Å². The molecule has 1 aromatic heterocycles.